The number of Topliss-reactive ketones (excluding diaryl/α,β-unsaturated/α-hetero) is 1. The monoisotopic (exact) mass is 255 g/mol. The van der Waals surface area contributed by atoms with Crippen molar-refractivity contribution in [1.82, 2.24) is 5.32 Å². The number of allylic oxidation sites excluding steroid dienone is 2. The van der Waals surface area contributed by atoms with Gasteiger partial charge >= 0.3 is 0 Å². The van der Waals surface area contributed by atoms with Gasteiger partial charge in [-0.05, 0) is 43.6 Å². The lowest BCUT2D eigenvalue weighted by Crippen LogP contribution is -2.40. The highest BCUT2D eigenvalue weighted by Crippen LogP contribution is 2.43. The SMILES string of the molecule is Cl.O=C1CCC2=C(CCC3CCCC(=O)C23)N1. The van der Waals surface area contributed by atoms with Crippen molar-refractivity contribution >= 4 is 24.1 Å². The lowest BCUT2D eigenvalue weighted by atomic mass is 9.67. The molecule has 94 valence electrons. The number of carbonyl (C=O) groups excluding carboxylic acids is 2. The second-order valence-corrected chi connectivity index (χ2v) is 5.19. The Labute approximate surface area is 107 Å². The number of hydrogen-bond donors (Lipinski definition) is 1. The summed E-state index contributed by atoms with van der Waals surface area (Å²) in [5, 5.41) is 2.96. The summed E-state index contributed by atoms with van der Waals surface area (Å²) in [7, 11) is 0. The zero-order valence-electron chi connectivity index (χ0n) is 9.83. The van der Waals surface area contributed by atoms with E-state index in [9.17, 15) is 9.59 Å². The van der Waals surface area contributed by atoms with E-state index in [0.29, 0.717) is 18.1 Å². The first-order chi connectivity index (χ1) is 7.75. The molecule has 3 aliphatic rings. The molecule has 2 atom stereocenters. The van der Waals surface area contributed by atoms with Crippen molar-refractivity contribution in [2.75, 3.05) is 0 Å². The molecule has 1 heterocycles. The molecule has 0 aromatic carbocycles. The molecule has 0 saturated heterocycles. The Morgan fingerprint density at radius 3 is 2.65 bits per heavy atom. The Hall–Kier alpha value is -0.830. The molecule has 1 fully saturated rings. The van der Waals surface area contributed by atoms with Crippen LogP contribution in [-0.2, 0) is 9.59 Å². The normalized spacial score (nSPS) is 32.2. The molecule has 17 heavy (non-hydrogen) atoms. The number of hydrogen-bond acceptors (Lipinski definition) is 2. The van der Waals surface area contributed by atoms with E-state index in [1.807, 2.05) is 0 Å². The second-order valence-electron chi connectivity index (χ2n) is 5.19. The van der Waals surface area contributed by atoms with Gasteiger partial charge in [-0.25, -0.2) is 0 Å². The average molecular weight is 256 g/mol. The van der Waals surface area contributed by atoms with Gasteiger partial charge < -0.3 is 5.32 Å². The zero-order chi connectivity index (χ0) is 11.1. The molecular weight excluding hydrogens is 238 g/mol. The summed E-state index contributed by atoms with van der Waals surface area (Å²) in [4.78, 5) is 23.3. The first-order valence-electron chi connectivity index (χ1n) is 6.30. The molecule has 4 heteroatoms. The molecule has 0 aromatic rings. The van der Waals surface area contributed by atoms with Crippen LogP contribution in [0.5, 0.6) is 0 Å². The van der Waals surface area contributed by atoms with Gasteiger partial charge in [-0.3, -0.25) is 9.59 Å². The highest BCUT2D eigenvalue weighted by atomic mass is 35.5. The van der Waals surface area contributed by atoms with Gasteiger partial charge in [0.2, 0.25) is 5.91 Å². The van der Waals surface area contributed by atoms with E-state index in [1.165, 1.54) is 12.0 Å². The predicted octanol–water partition coefficient (Wildman–Crippen LogP) is 2.35. The lowest BCUT2D eigenvalue weighted by Gasteiger charge is -2.39. The van der Waals surface area contributed by atoms with Crippen LogP contribution in [0.15, 0.2) is 11.3 Å². The summed E-state index contributed by atoms with van der Waals surface area (Å²) in [5.41, 5.74) is 2.34. The van der Waals surface area contributed by atoms with Crippen molar-refractivity contribution in [3.05, 3.63) is 11.3 Å². The van der Waals surface area contributed by atoms with Crippen LogP contribution >= 0.6 is 12.4 Å². The summed E-state index contributed by atoms with van der Waals surface area (Å²) in [5.74, 6) is 1.26. The summed E-state index contributed by atoms with van der Waals surface area (Å²) >= 11 is 0. The topological polar surface area (TPSA) is 46.2 Å². The van der Waals surface area contributed by atoms with E-state index >= 15 is 0 Å². The van der Waals surface area contributed by atoms with E-state index in [1.54, 1.807) is 0 Å². The molecule has 0 bridgehead atoms. The van der Waals surface area contributed by atoms with Gasteiger partial charge in [0.05, 0.1) is 0 Å². The van der Waals surface area contributed by atoms with E-state index in [-0.39, 0.29) is 24.2 Å². The molecule has 0 radical (unpaired) electrons. The number of fused-ring (bicyclic) bond motifs is 2. The van der Waals surface area contributed by atoms with E-state index in [0.717, 1.165) is 37.8 Å². The van der Waals surface area contributed by atoms with Crippen molar-refractivity contribution in [2.45, 2.75) is 44.9 Å². The number of carbonyl (C=O) groups is 2. The van der Waals surface area contributed by atoms with Gasteiger partial charge in [0, 0.05) is 24.5 Å². The van der Waals surface area contributed by atoms with E-state index in [4.69, 9.17) is 0 Å². The Balaban J connectivity index is 0.00000108. The van der Waals surface area contributed by atoms with Crippen LogP contribution in [0.25, 0.3) is 0 Å². The fourth-order valence-electron chi connectivity index (χ4n) is 3.52. The lowest BCUT2D eigenvalue weighted by molar-refractivity contribution is -0.127. The van der Waals surface area contributed by atoms with Gasteiger partial charge in [-0.2, -0.15) is 0 Å². The standard InChI is InChI=1S/C13H17NO2.ClH/c15-11-3-1-2-8-4-6-10-9(13(8)11)5-7-12(16)14-10;/h8,13H,1-7H2,(H,14,16);1H. The molecule has 0 spiro atoms. The first kappa shape index (κ1) is 12.6. The van der Waals surface area contributed by atoms with Crippen molar-refractivity contribution in [2.24, 2.45) is 11.8 Å². The summed E-state index contributed by atoms with van der Waals surface area (Å²) in [6.07, 6.45) is 6.43. The van der Waals surface area contributed by atoms with Gasteiger partial charge in [-0.15, -0.1) is 12.4 Å². The fraction of sp³-hybridized carbons (Fsp3) is 0.692. The van der Waals surface area contributed by atoms with Crippen LogP contribution < -0.4 is 5.32 Å². The van der Waals surface area contributed by atoms with Crippen LogP contribution in [0.3, 0.4) is 0 Å². The molecule has 1 aliphatic heterocycles. The largest absolute Gasteiger partial charge is 0.330 e. The van der Waals surface area contributed by atoms with Crippen LogP contribution in [-0.4, -0.2) is 11.7 Å². The molecule has 2 unspecified atom stereocenters. The van der Waals surface area contributed by atoms with Gasteiger partial charge in [0.1, 0.15) is 5.78 Å². The smallest absolute Gasteiger partial charge is 0.224 e. The Bertz CT molecular complexity index is 389. The molecule has 1 N–H and O–H groups in total. The Morgan fingerprint density at radius 1 is 1.00 bits per heavy atom. The Kier molecular flexibility index (Phi) is 3.57. The maximum atomic E-state index is 12.0. The zero-order valence-corrected chi connectivity index (χ0v) is 10.6. The van der Waals surface area contributed by atoms with Crippen LogP contribution in [0, 0.1) is 11.8 Å². The number of amides is 1. The van der Waals surface area contributed by atoms with Crippen molar-refractivity contribution in [3.8, 4) is 0 Å². The third kappa shape index (κ3) is 2.13. The van der Waals surface area contributed by atoms with Crippen molar-refractivity contribution in [3.63, 3.8) is 0 Å². The number of halogens is 1. The number of ketones is 1. The number of rotatable bonds is 0. The molecule has 0 aromatic heterocycles. The predicted molar refractivity (Wildman–Crippen MR) is 66.7 cm³/mol. The minimum Gasteiger partial charge on any atom is -0.330 e. The molecule has 3 nitrogen and oxygen atoms in total. The summed E-state index contributed by atoms with van der Waals surface area (Å²) in [6.45, 7) is 0. The average Bonchev–Trinajstić information content (AvgIpc) is 2.29. The third-order valence-corrected chi connectivity index (χ3v) is 4.26. The minimum atomic E-state index is 0. The van der Waals surface area contributed by atoms with Gasteiger partial charge in [-0.1, -0.05) is 0 Å². The molecule has 2 aliphatic carbocycles. The van der Waals surface area contributed by atoms with Crippen molar-refractivity contribution < 1.29 is 9.59 Å². The Morgan fingerprint density at radius 2 is 1.82 bits per heavy atom. The molecule has 1 amide bonds. The van der Waals surface area contributed by atoms with Crippen molar-refractivity contribution in [1.29, 1.82) is 0 Å². The van der Waals surface area contributed by atoms with Crippen LogP contribution in [0.1, 0.15) is 44.9 Å². The fourth-order valence-corrected chi connectivity index (χ4v) is 3.52. The maximum Gasteiger partial charge on any atom is 0.224 e. The van der Waals surface area contributed by atoms with E-state index in [2.05, 4.69) is 5.32 Å². The van der Waals surface area contributed by atoms with Gasteiger partial charge in [0.15, 0.2) is 0 Å². The molecular formula is C13H18ClNO2. The second kappa shape index (κ2) is 4.81. The third-order valence-electron chi connectivity index (χ3n) is 4.26. The summed E-state index contributed by atoms with van der Waals surface area (Å²) < 4.78 is 0. The summed E-state index contributed by atoms with van der Waals surface area (Å²) in [6, 6.07) is 0. The molecule has 3 rings (SSSR count). The van der Waals surface area contributed by atoms with Gasteiger partial charge in [0.25, 0.3) is 0 Å². The van der Waals surface area contributed by atoms with Crippen LogP contribution in [0.2, 0.25) is 0 Å². The molecule has 1 saturated carbocycles. The maximum absolute atomic E-state index is 12.0. The number of nitrogens with one attached hydrogen (secondary N) is 1. The highest BCUT2D eigenvalue weighted by Gasteiger charge is 2.39. The quantitative estimate of drug-likeness (QED) is 0.722. The highest BCUT2D eigenvalue weighted by molar-refractivity contribution is 5.87. The van der Waals surface area contributed by atoms with Crippen LogP contribution in [0.4, 0.5) is 0 Å². The minimum absolute atomic E-state index is 0. The first-order valence-corrected chi connectivity index (χ1v) is 6.30. The van der Waals surface area contributed by atoms with E-state index < -0.39 is 0 Å².